The van der Waals surface area contributed by atoms with E-state index in [1.807, 2.05) is 43.3 Å². The molecule has 1 aliphatic rings. The third-order valence-corrected chi connectivity index (χ3v) is 5.55. The summed E-state index contributed by atoms with van der Waals surface area (Å²) in [4.78, 5) is 23.8. The molecule has 1 N–H and O–H groups in total. The predicted octanol–water partition coefficient (Wildman–Crippen LogP) is 4.62. The van der Waals surface area contributed by atoms with Gasteiger partial charge in [-0.3, -0.25) is 4.79 Å². The van der Waals surface area contributed by atoms with Crippen LogP contribution in [0.2, 0.25) is 0 Å². The smallest absolute Gasteiger partial charge is 0.227 e. The largest absolute Gasteiger partial charge is 0.356 e. The molecule has 0 aliphatic carbocycles. The normalized spacial score (nSPS) is 14.6. The monoisotopic (exact) mass is 386 g/mol. The molecule has 0 spiro atoms. The average Bonchev–Trinajstić information content (AvgIpc) is 2.76. The predicted molar refractivity (Wildman–Crippen MR) is 117 cm³/mol. The molecule has 2 aromatic carbocycles. The van der Waals surface area contributed by atoms with E-state index in [0.29, 0.717) is 0 Å². The molecule has 1 fully saturated rings. The lowest BCUT2D eigenvalue weighted by Gasteiger charge is -2.32. The zero-order valence-electron chi connectivity index (χ0n) is 16.9. The van der Waals surface area contributed by atoms with Gasteiger partial charge in [-0.2, -0.15) is 0 Å². The molecule has 1 saturated heterocycles. The fourth-order valence-corrected chi connectivity index (χ4v) is 3.85. The molecular weight excluding hydrogens is 360 g/mol. The average molecular weight is 386 g/mol. The highest BCUT2D eigenvalue weighted by atomic mass is 16.1. The quantitative estimate of drug-likeness (QED) is 0.711. The number of benzene rings is 2. The van der Waals surface area contributed by atoms with Crippen molar-refractivity contribution >= 4 is 17.4 Å². The number of piperidine rings is 1. The number of anilines is 2. The van der Waals surface area contributed by atoms with Gasteiger partial charge < -0.3 is 10.2 Å². The zero-order chi connectivity index (χ0) is 20.2. The lowest BCUT2D eigenvalue weighted by Crippen LogP contribution is -2.38. The van der Waals surface area contributed by atoms with Crippen LogP contribution < -0.4 is 10.2 Å². The first-order valence-electron chi connectivity index (χ1n) is 10.1. The summed E-state index contributed by atoms with van der Waals surface area (Å²) in [6, 6.07) is 18.3. The number of carbonyl (C=O) groups is 1. The van der Waals surface area contributed by atoms with Crippen LogP contribution in [0.1, 0.15) is 24.0 Å². The summed E-state index contributed by atoms with van der Waals surface area (Å²) >= 11 is 0. The summed E-state index contributed by atoms with van der Waals surface area (Å²) in [7, 11) is 0. The summed E-state index contributed by atoms with van der Waals surface area (Å²) in [6.45, 7) is 5.72. The Morgan fingerprint density at radius 3 is 2.48 bits per heavy atom. The number of nitrogens with zero attached hydrogens (tertiary/aromatic N) is 3. The first kappa shape index (κ1) is 19.1. The molecule has 3 aromatic rings. The van der Waals surface area contributed by atoms with E-state index in [2.05, 4.69) is 45.3 Å². The number of aryl methyl sites for hydroxylation is 2. The topological polar surface area (TPSA) is 58.1 Å². The second-order valence-corrected chi connectivity index (χ2v) is 7.70. The number of hydrogen-bond donors (Lipinski definition) is 1. The highest BCUT2D eigenvalue weighted by molar-refractivity contribution is 5.93. The highest BCUT2D eigenvalue weighted by Gasteiger charge is 2.26. The van der Waals surface area contributed by atoms with E-state index in [1.54, 1.807) is 6.33 Å². The minimum absolute atomic E-state index is 0.0300. The van der Waals surface area contributed by atoms with E-state index in [-0.39, 0.29) is 11.8 Å². The van der Waals surface area contributed by atoms with Crippen LogP contribution >= 0.6 is 0 Å². The number of rotatable bonds is 4. The van der Waals surface area contributed by atoms with Gasteiger partial charge in [0.1, 0.15) is 12.1 Å². The molecule has 0 radical (unpaired) electrons. The maximum Gasteiger partial charge on any atom is 0.227 e. The van der Waals surface area contributed by atoms with Crippen molar-refractivity contribution < 1.29 is 4.79 Å². The highest BCUT2D eigenvalue weighted by Crippen LogP contribution is 2.26. The number of nitrogens with one attached hydrogen (secondary N) is 1. The molecular formula is C24H26N4O. The van der Waals surface area contributed by atoms with Crippen LogP contribution in [0.3, 0.4) is 0 Å². The van der Waals surface area contributed by atoms with Gasteiger partial charge in [-0.25, -0.2) is 9.97 Å². The molecule has 0 bridgehead atoms. The van der Waals surface area contributed by atoms with E-state index in [0.717, 1.165) is 54.3 Å². The van der Waals surface area contributed by atoms with E-state index in [4.69, 9.17) is 0 Å². The van der Waals surface area contributed by atoms with Crippen molar-refractivity contribution in [2.75, 3.05) is 23.3 Å². The van der Waals surface area contributed by atoms with E-state index in [9.17, 15) is 4.79 Å². The van der Waals surface area contributed by atoms with Gasteiger partial charge in [-0.1, -0.05) is 48.0 Å². The maximum atomic E-state index is 12.7. The van der Waals surface area contributed by atoms with Crippen LogP contribution in [0.15, 0.2) is 60.9 Å². The molecule has 0 atom stereocenters. The molecule has 2 heterocycles. The maximum absolute atomic E-state index is 12.7. The second-order valence-electron chi connectivity index (χ2n) is 7.70. The number of aromatic nitrogens is 2. The Morgan fingerprint density at radius 1 is 1.00 bits per heavy atom. The fraction of sp³-hybridized carbons (Fsp3) is 0.292. The standard InChI is InChI=1S/C24H26N4O/c1-17-8-9-21(18(2)14-17)27-24(29)20-10-12-28(13-11-20)23-15-22(25-16-26-23)19-6-4-3-5-7-19/h3-9,14-16,20H,10-13H2,1-2H3,(H,27,29). The van der Waals surface area contributed by atoms with E-state index < -0.39 is 0 Å². The van der Waals surface area contributed by atoms with Gasteiger partial charge in [0.15, 0.2) is 0 Å². The van der Waals surface area contributed by atoms with Gasteiger partial charge in [0.05, 0.1) is 5.69 Å². The van der Waals surface area contributed by atoms with Crippen molar-refractivity contribution in [1.82, 2.24) is 9.97 Å². The summed E-state index contributed by atoms with van der Waals surface area (Å²) in [5, 5.41) is 3.11. The number of carbonyl (C=O) groups excluding carboxylic acids is 1. The molecule has 4 rings (SSSR count). The van der Waals surface area contributed by atoms with E-state index >= 15 is 0 Å². The minimum Gasteiger partial charge on any atom is -0.356 e. The Kier molecular flexibility index (Phi) is 5.56. The zero-order valence-corrected chi connectivity index (χ0v) is 16.9. The minimum atomic E-state index is 0.0300. The first-order chi connectivity index (χ1) is 14.1. The molecule has 1 aliphatic heterocycles. The van der Waals surface area contributed by atoms with Gasteiger partial charge >= 0.3 is 0 Å². The molecule has 0 saturated carbocycles. The lowest BCUT2D eigenvalue weighted by molar-refractivity contribution is -0.120. The van der Waals surface area contributed by atoms with Gasteiger partial charge in [-0.15, -0.1) is 0 Å². The van der Waals surface area contributed by atoms with Crippen molar-refractivity contribution in [2.45, 2.75) is 26.7 Å². The molecule has 148 valence electrons. The van der Waals surface area contributed by atoms with Crippen molar-refractivity contribution in [3.05, 3.63) is 72.1 Å². The molecule has 0 unspecified atom stereocenters. The molecule has 5 heteroatoms. The van der Waals surface area contributed by atoms with Gasteiger partial charge in [0.25, 0.3) is 0 Å². The summed E-state index contributed by atoms with van der Waals surface area (Å²) in [5.41, 5.74) is 5.22. The Balaban J connectivity index is 1.39. The van der Waals surface area contributed by atoms with Crippen molar-refractivity contribution in [3.8, 4) is 11.3 Å². The third kappa shape index (κ3) is 4.45. The molecule has 5 nitrogen and oxygen atoms in total. The van der Waals surface area contributed by atoms with Crippen molar-refractivity contribution in [3.63, 3.8) is 0 Å². The van der Waals surface area contributed by atoms with Crippen LogP contribution in [-0.2, 0) is 4.79 Å². The molecule has 1 amide bonds. The van der Waals surface area contributed by atoms with Crippen LogP contribution in [0.25, 0.3) is 11.3 Å². The first-order valence-corrected chi connectivity index (χ1v) is 10.1. The number of hydrogen-bond acceptors (Lipinski definition) is 4. The summed E-state index contributed by atoms with van der Waals surface area (Å²) in [5.74, 6) is 1.07. The lowest BCUT2D eigenvalue weighted by atomic mass is 9.95. The Bertz CT molecular complexity index is 995. The Labute approximate surface area is 171 Å². The summed E-state index contributed by atoms with van der Waals surface area (Å²) in [6.07, 6.45) is 3.26. The van der Waals surface area contributed by atoms with E-state index in [1.165, 1.54) is 5.56 Å². The van der Waals surface area contributed by atoms with Crippen LogP contribution in [0, 0.1) is 19.8 Å². The molecule has 29 heavy (non-hydrogen) atoms. The number of amides is 1. The third-order valence-electron chi connectivity index (χ3n) is 5.55. The van der Waals surface area contributed by atoms with Gasteiger partial charge in [0.2, 0.25) is 5.91 Å². The van der Waals surface area contributed by atoms with Gasteiger partial charge in [-0.05, 0) is 38.3 Å². The van der Waals surface area contributed by atoms with Crippen LogP contribution in [0.5, 0.6) is 0 Å². The fourth-order valence-electron chi connectivity index (χ4n) is 3.85. The van der Waals surface area contributed by atoms with Gasteiger partial charge in [0, 0.05) is 36.3 Å². The van der Waals surface area contributed by atoms with Crippen LogP contribution in [0.4, 0.5) is 11.5 Å². The Hall–Kier alpha value is -3.21. The SMILES string of the molecule is Cc1ccc(NC(=O)C2CCN(c3cc(-c4ccccc4)ncn3)CC2)c(C)c1. The van der Waals surface area contributed by atoms with Crippen molar-refractivity contribution in [2.24, 2.45) is 5.92 Å². The van der Waals surface area contributed by atoms with Crippen molar-refractivity contribution in [1.29, 1.82) is 0 Å². The van der Waals surface area contributed by atoms with Crippen LogP contribution in [-0.4, -0.2) is 29.0 Å². The Morgan fingerprint density at radius 2 is 1.76 bits per heavy atom. The summed E-state index contributed by atoms with van der Waals surface area (Å²) < 4.78 is 0. The molecule has 1 aromatic heterocycles. The second kappa shape index (κ2) is 8.43.